The molecule has 2 atom stereocenters. The molecule has 2 aliphatic rings. The van der Waals surface area contributed by atoms with Gasteiger partial charge in [0.25, 0.3) is 0 Å². The highest BCUT2D eigenvalue weighted by Gasteiger charge is 2.33. The summed E-state index contributed by atoms with van der Waals surface area (Å²) in [6, 6.07) is 0.560. The number of nitrogens with one attached hydrogen (secondary N) is 2. The first-order chi connectivity index (χ1) is 9.76. The lowest BCUT2D eigenvalue weighted by Gasteiger charge is -2.25. The number of hydrogen-bond acceptors (Lipinski definition) is 4. The van der Waals surface area contributed by atoms with Crippen LogP contribution in [0.4, 0.5) is 4.79 Å². The van der Waals surface area contributed by atoms with E-state index in [2.05, 4.69) is 10.6 Å². The van der Waals surface area contributed by atoms with Crippen LogP contribution in [0.5, 0.6) is 0 Å². The van der Waals surface area contributed by atoms with E-state index in [1.165, 1.54) is 0 Å². The normalized spacial score (nSPS) is 28.6. The van der Waals surface area contributed by atoms with Crippen molar-refractivity contribution in [1.82, 2.24) is 10.6 Å². The summed E-state index contributed by atoms with van der Waals surface area (Å²) in [7, 11) is 0. The van der Waals surface area contributed by atoms with Crippen molar-refractivity contribution in [3.05, 3.63) is 0 Å². The van der Waals surface area contributed by atoms with Crippen molar-refractivity contribution in [3.8, 4) is 0 Å². The van der Waals surface area contributed by atoms with Crippen LogP contribution in [0.2, 0.25) is 0 Å². The van der Waals surface area contributed by atoms with Gasteiger partial charge in [0.15, 0.2) is 0 Å². The van der Waals surface area contributed by atoms with E-state index in [0.717, 1.165) is 44.9 Å². The molecule has 5 nitrogen and oxygen atoms in total. The van der Waals surface area contributed by atoms with Gasteiger partial charge in [0.1, 0.15) is 5.60 Å². The van der Waals surface area contributed by atoms with Crippen molar-refractivity contribution in [1.29, 1.82) is 0 Å². The first kappa shape index (κ1) is 16.6. The Labute approximate surface area is 127 Å². The van der Waals surface area contributed by atoms with E-state index >= 15 is 0 Å². The number of rotatable bonds is 4. The summed E-state index contributed by atoms with van der Waals surface area (Å²) in [5.74, 6) is 0. The van der Waals surface area contributed by atoms with Gasteiger partial charge in [-0.3, -0.25) is 0 Å². The highest BCUT2D eigenvalue weighted by molar-refractivity contribution is 5.68. The Hall–Kier alpha value is -0.810. The molecule has 1 amide bonds. The van der Waals surface area contributed by atoms with Gasteiger partial charge in [0.05, 0.1) is 5.60 Å². The number of aliphatic hydroxyl groups is 1. The molecule has 0 heterocycles. The molecule has 2 rings (SSSR count). The van der Waals surface area contributed by atoms with Crippen LogP contribution in [-0.2, 0) is 4.74 Å². The highest BCUT2D eigenvalue weighted by Crippen LogP contribution is 2.29. The second-order valence-electron chi connectivity index (χ2n) is 7.67. The number of carbonyl (C=O) groups is 1. The van der Waals surface area contributed by atoms with Crippen molar-refractivity contribution in [3.63, 3.8) is 0 Å². The number of ether oxygens (including phenoxy) is 1. The minimum Gasteiger partial charge on any atom is -0.444 e. The van der Waals surface area contributed by atoms with Crippen molar-refractivity contribution >= 4 is 6.09 Å². The fourth-order valence-corrected chi connectivity index (χ4v) is 3.32. The molecule has 2 aliphatic carbocycles. The first-order valence-electron chi connectivity index (χ1n) is 8.21. The van der Waals surface area contributed by atoms with Crippen LogP contribution in [0.3, 0.4) is 0 Å². The van der Waals surface area contributed by atoms with Crippen LogP contribution >= 0.6 is 0 Å². The topological polar surface area (TPSA) is 70.6 Å². The minimum absolute atomic E-state index is 0.176. The maximum atomic E-state index is 11.7. The summed E-state index contributed by atoms with van der Waals surface area (Å²) in [5, 5.41) is 16.8. The molecular formula is C16H30N2O3. The van der Waals surface area contributed by atoms with Crippen molar-refractivity contribution in [2.24, 2.45) is 0 Å². The molecule has 0 radical (unpaired) electrons. The van der Waals surface area contributed by atoms with Crippen molar-refractivity contribution < 1.29 is 14.6 Å². The third kappa shape index (κ3) is 5.47. The second-order valence-corrected chi connectivity index (χ2v) is 7.67. The largest absolute Gasteiger partial charge is 0.444 e. The molecule has 21 heavy (non-hydrogen) atoms. The van der Waals surface area contributed by atoms with Gasteiger partial charge in [0, 0.05) is 18.6 Å². The predicted molar refractivity (Wildman–Crippen MR) is 82.2 cm³/mol. The van der Waals surface area contributed by atoms with E-state index in [0.29, 0.717) is 12.6 Å². The van der Waals surface area contributed by atoms with Gasteiger partial charge in [-0.15, -0.1) is 0 Å². The maximum absolute atomic E-state index is 11.7. The molecule has 0 aromatic carbocycles. The molecule has 0 aromatic rings. The second kappa shape index (κ2) is 6.53. The molecular weight excluding hydrogens is 268 g/mol. The lowest BCUT2D eigenvalue weighted by Crippen LogP contribution is -2.43. The summed E-state index contributed by atoms with van der Waals surface area (Å²) in [4.78, 5) is 11.7. The summed E-state index contributed by atoms with van der Waals surface area (Å²) in [5.41, 5.74) is -0.956. The smallest absolute Gasteiger partial charge is 0.407 e. The zero-order valence-electron chi connectivity index (χ0n) is 13.6. The predicted octanol–water partition coefficient (Wildman–Crippen LogP) is 2.33. The van der Waals surface area contributed by atoms with Gasteiger partial charge in [-0.1, -0.05) is 12.8 Å². The van der Waals surface area contributed by atoms with Gasteiger partial charge in [-0.25, -0.2) is 4.79 Å². The molecule has 0 spiro atoms. The monoisotopic (exact) mass is 298 g/mol. The number of alkyl carbamates (subject to hydrolysis) is 1. The van der Waals surface area contributed by atoms with Gasteiger partial charge in [-0.2, -0.15) is 0 Å². The molecule has 5 heteroatoms. The maximum Gasteiger partial charge on any atom is 0.407 e. The minimum atomic E-state index is -0.503. The highest BCUT2D eigenvalue weighted by atomic mass is 16.6. The molecule has 2 unspecified atom stereocenters. The standard InChI is InChI=1S/C16H30N2O3/c1-15(2,3)21-14(19)18-13-7-6-12(10-13)17-11-16(20)8-4-5-9-16/h12-13,17,20H,4-11H2,1-3H3,(H,18,19). The molecule has 0 bridgehead atoms. The lowest BCUT2D eigenvalue weighted by molar-refractivity contribution is 0.0442. The zero-order chi connectivity index (χ0) is 15.5. The fourth-order valence-electron chi connectivity index (χ4n) is 3.32. The Balaban J connectivity index is 1.67. The Morgan fingerprint density at radius 1 is 1.24 bits per heavy atom. The van der Waals surface area contributed by atoms with E-state index in [1.807, 2.05) is 20.8 Å². The van der Waals surface area contributed by atoms with Crippen LogP contribution in [0.25, 0.3) is 0 Å². The molecule has 0 aromatic heterocycles. The first-order valence-corrected chi connectivity index (χ1v) is 8.21. The zero-order valence-corrected chi connectivity index (χ0v) is 13.6. The van der Waals surface area contributed by atoms with E-state index < -0.39 is 11.2 Å². The van der Waals surface area contributed by atoms with Gasteiger partial charge in [0.2, 0.25) is 0 Å². The van der Waals surface area contributed by atoms with Crippen LogP contribution in [0.15, 0.2) is 0 Å². The van der Waals surface area contributed by atoms with Crippen molar-refractivity contribution in [2.75, 3.05) is 6.54 Å². The summed E-state index contributed by atoms with van der Waals surface area (Å²) in [6.45, 7) is 6.28. The molecule has 0 aliphatic heterocycles. The SMILES string of the molecule is CC(C)(C)OC(=O)NC1CCC(NCC2(O)CCCC2)C1. The van der Waals surface area contributed by atoms with Gasteiger partial charge < -0.3 is 20.5 Å². The fraction of sp³-hybridized carbons (Fsp3) is 0.938. The number of hydrogen-bond donors (Lipinski definition) is 3. The van der Waals surface area contributed by atoms with Gasteiger partial charge in [-0.05, 0) is 52.9 Å². The summed E-state index contributed by atoms with van der Waals surface area (Å²) in [6.07, 6.45) is 6.67. The van der Waals surface area contributed by atoms with Crippen LogP contribution in [-0.4, -0.2) is 41.0 Å². The average molecular weight is 298 g/mol. The number of carbonyl (C=O) groups excluding carboxylic acids is 1. The van der Waals surface area contributed by atoms with Crippen LogP contribution < -0.4 is 10.6 Å². The van der Waals surface area contributed by atoms with E-state index in [1.54, 1.807) is 0 Å². The Morgan fingerprint density at radius 3 is 2.48 bits per heavy atom. The Kier molecular flexibility index (Phi) is 5.15. The van der Waals surface area contributed by atoms with Crippen LogP contribution in [0.1, 0.15) is 65.7 Å². The molecule has 2 saturated carbocycles. The molecule has 2 fully saturated rings. The summed E-state index contributed by atoms with van der Waals surface area (Å²) < 4.78 is 5.28. The molecule has 122 valence electrons. The number of amides is 1. The quantitative estimate of drug-likeness (QED) is 0.745. The Bertz CT molecular complexity index is 359. The summed E-state index contributed by atoms with van der Waals surface area (Å²) >= 11 is 0. The molecule has 0 saturated heterocycles. The van der Waals surface area contributed by atoms with Gasteiger partial charge >= 0.3 is 6.09 Å². The lowest BCUT2D eigenvalue weighted by atomic mass is 10.0. The van der Waals surface area contributed by atoms with Crippen molar-refractivity contribution in [2.45, 2.75) is 89.0 Å². The third-order valence-electron chi connectivity index (χ3n) is 4.41. The average Bonchev–Trinajstić information content (AvgIpc) is 2.94. The van der Waals surface area contributed by atoms with Crippen LogP contribution in [0, 0.1) is 0 Å². The van der Waals surface area contributed by atoms with E-state index in [-0.39, 0.29) is 12.1 Å². The van der Waals surface area contributed by atoms with E-state index in [9.17, 15) is 9.90 Å². The van der Waals surface area contributed by atoms with E-state index in [4.69, 9.17) is 4.74 Å². The molecule has 3 N–H and O–H groups in total. The third-order valence-corrected chi connectivity index (χ3v) is 4.41. The Morgan fingerprint density at radius 2 is 1.86 bits per heavy atom.